The van der Waals surface area contributed by atoms with Crippen LogP contribution in [0.1, 0.15) is 155 Å². The second kappa shape index (κ2) is 32.7. The lowest BCUT2D eigenvalue weighted by atomic mass is 10.1. The molecule has 1 amide bonds. The van der Waals surface area contributed by atoms with E-state index in [9.17, 15) is 19.5 Å². The summed E-state index contributed by atoms with van der Waals surface area (Å²) in [5.74, 6) is -1.36. The van der Waals surface area contributed by atoms with E-state index in [4.69, 9.17) is 10.5 Å². The van der Waals surface area contributed by atoms with Crippen molar-refractivity contribution in [3.8, 4) is 0 Å². The molecule has 0 aromatic heterocycles. The topological polar surface area (TPSA) is 119 Å². The molecule has 0 bridgehead atoms. The molecule has 0 spiro atoms. The van der Waals surface area contributed by atoms with Crippen LogP contribution in [0, 0.1) is 0 Å². The van der Waals surface area contributed by atoms with Crippen molar-refractivity contribution in [1.29, 1.82) is 0 Å². The highest BCUT2D eigenvalue weighted by Crippen LogP contribution is 2.15. The Bertz CT molecular complexity index is 849. The monoisotopic (exact) mass is 630 g/mol. The van der Waals surface area contributed by atoms with E-state index in [2.05, 4.69) is 61.7 Å². The average Bonchev–Trinajstić information content (AvgIpc) is 3.02. The second-order valence-corrected chi connectivity index (χ2v) is 11.9. The third-order valence-electron chi connectivity index (χ3n) is 7.59. The van der Waals surface area contributed by atoms with E-state index in [-0.39, 0.29) is 18.0 Å². The Morgan fingerprint density at radius 1 is 0.689 bits per heavy atom. The molecule has 0 aliphatic rings. The van der Waals surface area contributed by atoms with Gasteiger partial charge >= 0.3 is 11.9 Å². The molecular weight excluding hydrogens is 564 g/mol. The van der Waals surface area contributed by atoms with Gasteiger partial charge in [0, 0.05) is 12.8 Å². The summed E-state index contributed by atoms with van der Waals surface area (Å²) in [7, 11) is 0. The SMILES string of the molecule is CC/C=C\C/C=C\C/C=C\CCCCCCCCCC(=O)OC(/C=C\CCC)CCCCCCC(=O)NC(CCCN)C(=O)O. The number of ether oxygens (including phenoxy) is 1. The molecule has 0 aromatic rings. The van der Waals surface area contributed by atoms with Gasteiger partial charge in [-0.15, -0.1) is 0 Å². The molecule has 0 fully saturated rings. The molecule has 45 heavy (non-hydrogen) atoms. The standard InChI is InChI=1S/C38H66N2O5/c1-3-5-7-8-9-10-11-12-13-14-15-16-17-18-19-20-26-32-37(42)45-34(28-23-6-4-2)29-24-21-22-25-31-36(41)40-35(38(43)44)30-27-33-39/h5,7,9-10,12-13,23,28,34-35H,3-4,6,8,11,14-22,24-27,29-33,39H2,1-2H3,(H,40,41)(H,43,44)/b7-5-,10-9-,13-12-,28-23-. The van der Waals surface area contributed by atoms with Crippen LogP contribution in [0.25, 0.3) is 0 Å². The number of hydrogen-bond donors (Lipinski definition) is 3. The smallest absolute Gasteiger partial charge is 0.326 e. The van der Waals surface area contributed by atoms with Crippen molar-refractivity contribution in [2.75, 3.05) is 6.54 Å². The first kappa shape index (κ1) is 42.3. The summed E-state index contributed by atoms with van der Waals surface area (Å²) in [6.45, 7) is 4.69. The van der Waals surface area contributed by atoms with E-state index in [0.717, 1.165) is 77.0 Å². The van der Waals surface area contributed by atoms with Gasteiger partial charge in [-0.25, -0.2) is 4.79 Å². The van der Waals surface area contributed by atoms with Gasteiger partial charge in [-0.2, -0.15) is 0 Å². The van der Waals surface area contributed by atoms with Crippen LogP contribution in [0.4, 0.5) is 0 Å². The minimum atomic E-state index is -1.02. The van der Waals surface area contributed by atoms with Crippen LogP contribution in [-0.2, 0) is 19.1 Å². The zero-order chi connectivity index (χ0) is 33.2. The molecule has 0 heterocycles. The van der Waals surface area contributed by atoms with Crippen molar-refractivity contribution in [3.05, 3.63) is 48.6 Å². The molecule has 4 N–H and O–H groups in total. The molecule has 0 radical (unpaired) electrons. The lowest BCUT2D eigenvalue weighted by molar-refractivity contribution is -0.147. The summed E-state index contributed by atoms with van der Waals surface area (Å²) in [6, 6.07) is -0.870. The molecule has 2 unspecified atom stereocenters. The van der Waals surface area contributed by atoms with E-state index in [0.29, 0.717) is 38.6 Å². The molecule has 258 valence electrons. The van der Waals surface area contributed by atoms with Crippen LogP contribution >= 0.6 is 0 Å². The van der Waals surface area contributed by atoms with Crippen LogP contribution < -0.4 is 11.1 Å². The molecule has 0 aromatic carbocycles. The van der Waals surface area contributed by atoms with Crippen molar-refractivity contribution < 1.29 is 24.2 Å². The van der Waals surface area contributed by atoms with Gasteiger partial charge in [0.05, 0.1) is 0 Å². The number of allylic oxidation sites excluding steroid dienone is 7. The van der Waals surface area contributed by atoms with Crippen molar-refractivity contribution in [2.45, 2.75) is 167 Å². The third-order valence-corrected chi connectivity index (χ3v) is 7.59. The highest BCUT2D eigenvalue weighted by molar-refractivity contribution is 5.83. The van der Waals surface area contributed by atoms with E-state index >= 15 is 0 Å². The van der Waals surface area contributed by atoms with E-state index in [1.165, 1.54) is 32.1 Å². The molecule has 7 heteroatoms. The molecular formula is C38H66N2O5. The zero-order valence-corrected chi connectivity index (χ0v) is 28.7. The predicted molar refractivity (Wildman–Crippen MR) is 188 cm³/mol. The Hall–Kier alpha value is -2.67. The Morgan fingerprint density at radius 2 is 1.29 bits per heavy atom. The summed E-state index contributed by atoms with van der Waals surface area (Å²) >= 11 is 0. The van der Waals surface area contributed by atoms with Gasteiger partial charge in [-0.3, -0.25) is 9.59 Å². The number of amides is 1. The third kappa shape index (κ3) is 29.8. The number of esters is 1. The van der Waals surface area contributed by atoms with Gasteiger partial charge in [0.25, 0.3) is 0 Å². The number of unbranched alkanes of at least 4 members (excludes halogenated alkanes) is 11. The quantitative estimate of drug-likeness (QED) is 0.0399. The van der Waals surface area contributed by atoms with Crippen LogP contribution in [0.3, 0.4) is 0 Å². The van der Waals surface area contributed by atoms with Crippen LogP contribution in [0.5, 0.6) is 0 Å². The molecule has 0 saturated heterocycles. The normalized spacial score (nSPS) is 13.3. The van der Waals surface area contributed by atoms with Gasteiger partial charge in [0.2, 0.25) is 5.91 Å². The van der Waals surface area contributed by atoms with Gasteiger partial charge in [-0.1, -0.05) is 108 Å². The number of carbonyl (C=O) groups excluding carboxylic acids is 2. The summed E-state index contributed by atoms with van der Waals surface area (Å²) in [5, 5.41) is 11.8. The lowest BCUT2D eigenvalue weighted by Crippen LogP contribution is -2.40. The fraction of sp³-hybridized carbons (Fsp3) is 0.711. The van der Waals surface area contributed by atoms with Gasteiger partial charge in [-0.05, 0) is 89.7 Å². The Kier molecular flexibility index (Phi) is 30.8. The minimum Gasteiger partial charge on any atom is -0.480 e. The van der Waals surface area contributed by atoms with Gasteiger partial charge in [0.15, 0.2) is 0 Å². The maximum atomic E-state index is 12.5. The molecule has 0 saturated carbocycles. The molecule has 0 aliphatic carbocycles. The van der Waals surface area contributed by atoms with Crippen molar-refractivity contribution in [1.82, 2.24) is 5.32 Å². The predicted octanol–water partition coefficient (Wildman–Crippen LogP) is 9.27. The first-order chi connectivity index (χ1) is 21.9. The maximum absolute atomic E-state index is 12.5. The molecule has 2 atom stereocenters. The Balaban J connectivity index is 4.01. The molecule has 7 nitrogen and oxygen atoms in total. The first-order valence-corrected chi connectivity index (χ1v) is 18.0. The Morgan fingerprint density at radius 3 is 1.93 bits per heavy atom. The fourth-order valence-corrected chi connectivity index (χ4v) is 4.91. The lowest BCUT2D eigenvalue weighted by Gasteiger charge is -2.15. The van der Waals surface area contributed by atoms with Crippen LogP contribution in [0.2, 0.25) is 0 Å². The number of carboxylic acid groups (broad SMARTS) is 1. The minimum absolute atomic E-state index is 0.112. The number of aliphatic carboxylic acids is 1. The van der Waals surface area contributed by atoms with E-state index < -0.39 is 12.0 Å². The second-order valence-electron chi connectivity index (χ2n) is 11.9. The Labute approximate surface area is 275 Å². The molecule has 0 aliphatic heterocycles. The van der Waals surface area contributed by atoms with Crippen LogP contribution in [0.15, 0.2) is 48.6 Å². The summed E-state index contributed by atoms with van der Waals surface area (Å²) in [4.78, 5) is 35.9. The highest BCUT2D eigenvalue weighted by atomic mass is 16.5. The van der Waals surface area contributed by atoms with Gasteiger partial charge < -0.3 is 20.9 Å². The number of nitrogens with two attached hydrogens (primary N) is 1. The number of nitrogens with one attached hydrogen (secondary N) is 1. The number of carbonyl (C=O) groups is 3. The summed E-state index contributed by atoms with van der Waals surface area (Å²) in [5.41, 5.74) is 5.45. The highest BCUT2D eigenvalue weighted by Gasteiger charge is 2.18. The first-order valence-electron chi connectivity index (χ1n) is 18.0. The summed E-state index contributed by atoms with van der Waals surface area (Å²) in [6.07, 6.45) is 37.7. The number of carboxylic acids is 1. The maximum Gasteiger partial charge on any atom is 0.326 e. The van der Waals surface area contributed by atoms with E-state index in [1.807, 2.05) is 6.08 Å². The largest absolute Gasteiger partial charge is 0.480 e. The summed E-state index contributed by atoms with van der Waals surface area (Å²) < 4.78 is 5.80. The van der Waals surface area contributed by atoms with Crippen molar-refractivity contribution in [3.63, 3.8) is 0 Å². The fourth-order valence-electron chi connectivity index (χ4n) is 4.91. The van der Waals surface area contributed by atoms with Gasteiger partial charge in [0.1, 0.15) is 12.1 Å². The van der Waals surface area contributed by atoms with Crippen molar-refractivity contribution >= 4 is 17.8 Å². The molecule has 0 rings (SSSR count). The zero-order valence-electron chi connectivity index (χ0n) is 28.7. The number of rotatable bonds is 31. The van der Waals surface area contributed by atoms with Crippen molar-refractivity contribution in [2.24, 2.45) is 5.73 Å². The van der Waals surface area contributed by atoms with E-state index in [1.54, 1.807) is 0 Å². The van der Waals surface area contributed by atoms with Crippen LogP contribution in [-0.4, -0.2) is 41.6 Å². The average molecular weight is 631 g/mol. The number of hydrogen-bond acceptors (Lipinski definition) is 5.